The molecule has 0 saturated carbocycles. The minimum atomic E-state index is 0.234. The molecule has 0 radical (unpaired) electrons. The van der Waals surface area contributed by atoms with Crippen LogP contribution in [0.3, 0.4) is 0 Å². The summed E-state index contributed by atoms with van der Waals surface area (Å²) in [6.07, 6.45) is 1.66. The summed E-state index contributed by atoms with van der Waals surface area (Å²) in [5.74, 6) is 0.234. The van der Waals surface area contributed by atoms with Crippen LogP contribution in [0.15, 0.2) is 18.2 Å². The minimum Gasteiger partial charge on any atom is -0.380 e. The van der Waals surface area contributed by atoms with E-state index in [1.165, 1.54) is 0 Å². The van der Waals surface area contributed by atoms with Crippen molar-refractivity contribution in [1.29, 1.82) is 0 Å². The van der Waals surface area contributed by atoms with E-state index in [1.807, 2.05) is 26.0 Å². The largest absolute Gasteiger partial charge is 0.380 e. The van der Waals surface area contributed by atoms with Gasteiger partial charge in [0.15, 0.2) is 5.78 Å². The summed E-state index contributed by atoms with van der Waals surface area (Å²) in [6, 6.07) is 6.54. The molecular weight excluding hydrogens is 238 g/mol. The lowest BCUT2D eigenvalue weighted by Crippen LogP contribution is -2.33. The van der Waals surface area contributed by atoms with Crippen molar-refractivity contribution in [3.8, 4) is 0 Å². The third kappa shape index (κ3) is 3.88. The Morgan fingerprint density at radius 1 is 1.32 bits per heavy atom. The lowest BCUT2D eigenvalue weighted by molar-refractivity contribution is 0.0954. The number of aryl methyl sites for hydroxylation is 2. The van der Waals surface area contributed by atoms with Gasteiger partial charge in [-0.2, -0.15) is 0 Å². The monoisotopic (exact) mass is 261 g/mol. The Hall–Kier alpha value is -1.19. The van der Waals surface area contributed by atoms with Gasteiger partial charge in [0.1, 0.15) is 0 Å². The maximum Gasteiger partial charge on any atom is 0.164 e. The lowest BCUT2D eigenvalue weighted by atomic mass is 10.0. The standard InChI is InChI=1S/C16H23NO2/c1-12-8-13(2)10-14(9-12)16(18)4-6-17(3)15-5-7-19-11-15/h8-10,15H,4-7,11H2,1-3H3. The Balaban J connectivity index is 1.89. The molecule has 1 aromatic rings. The first-order valence-electron chi connectivity index (χ1n) is 6.96. The quantitative estimate of drug-likeness (QED) is 0.763. The van der Waals surface area contributed by atoms with E-state index in [2.05, 4.69) is 18.0 Å². The average Bonchev–Trinajstić information content (AvgIpc) is 2.88. The molecule has 1 aliphatic rings. The first kappa shape index (κ1) is 14.2. The van der Waals surface area contributed by atoms with E-state index in [0.29, 0.717) is 12.5 Å². The molecule has 2 rings (SSSR count). The number of hydrogen-bond acceptors (Lipinski definition) is 3. The number of carbonyl (C=O) groups excluding carboxylic acids is 1. The van der Waals surface area contributed by atoms with Gasteiger partial charge in [-0.1, -0.05) is 17.2 Å². The van der Waals surface area contributed by atoms with Crippen molar-refractivity contribution >= 4 is 5.78 Å². The Bertz CT molecular complexity index is 430. The summed E-state index contributed by atoms with van der Waals surface area (Å²) in [5.41, 5.74) is 3.15. The molecule has 104 valence electrons. The summed E-state index contributed by atoms with van der Waals surface area (Å²) in [7, 11) is 2.08. The number of Topliss-reactive ketones (excluding diaryl/α,β-unsaturated/α-hetero) is 1. The van der Waals surface area contributed by atoms with Crippen molar-refractivity contribution in [1.82, 2.24) is 4.90 Å². The third-order valence-corrected chi connectivity index (χ3v) is 3.76. The molecule has 1 atom stereocenters. The smallest absolute Gasteiger partial charge is 0.164 e. The fourth-order valence-corrected chi connectivity index (χ4v) is 2.61. The summed E-state index contributed by atoms with van der Waals surface area (Å²) in [4.78, 5) is 14.5. The number of nitrogens with zero attached hydrogens (tertiary/aromatic N) is 1. The molecular formula is C16H23NO2. The predicted octanol–water partition coefficient (Wildman–Crippen LogP) is 2.60. The zero-order chi connectivity index (χ0) is 13.8. The second-order valence-corrected chi connectivity index (χ2v) is 5.55. The predicted molar refractivity (Wildman–Crippen MR) is 76.7 cm³/mol. The van der Waals surface area contributed by atoms with Crippen molar-refractivity contribution < 1.29 is 9.53 Å². The van der Waals surface area contributed by atoms with Gasteiger partial charge >= 0.3 is 0 Å². The zero-order valence-electron chi connectivity index (χ0n) is 12.1. The highest BCUT2D eigenvalue weighted by atomic mass is 16.5. The Morgan fingerprint density at radius 2 is 2.00 bits per heavy atom. The summed E-state index contributed by atoms with van der Waals surface area (Å²) in [6.45, 7) is 6.52. The van der Waals surface area contributed by atoms with Crippen LogP contribution in [0.5, 0.6) is 0 Å². The van der Waals surface area contributed by atoms with Gasteiger partial charge in [-0.15, -0.1) is 0 Å². The van der Waals surface area contributed by atoms with Crippen LogP contribution in [-0.2, 0) is 4.74 Å². The molecule has 0 amide bonds. The second-order valence-electron chi connectivity index (χ2n) is 5.55. The lowest BCUT2D eigenvalue weighted by Gasteiger charge is -2.22. The highest BCUT2D eigenvalue weighted by molar-refractivity contribution is 5.96. The molecule has 1 fully saturated rings. The molecule has 1 unspecified atom stereocenters. The number of ketones is 1. The first-order chi connectivity index (χ1) is 9.06. The van der Waals surface area contributed by atoms with E-state index in [1.54, 1.807) is 0 Å². The van der Waals surface area contributed by atoms with E-state index in [0.717, 1.165) is 42.9 Å². The molecule has 1 saturated heterocycles. The summed E-state index contributed by atoms with van der Waals surface area (Å²) >= 11 is 0. The number of rotatable bonds is 5. The van der Waals surface area contributed by atoms with Crippen molar-refractivity contribution in [2.24, 2.45) is 0 Å². The van der Waals surface area contributed by atoms with Crippen LogP contribution in [0.1, 0.15) is 34.3 Å². The van der Waals surface area contributed by atoms with Gasteiger partial charge in [-0.05, 0) is 39.4 Å². The summed E-state index contributed by atoms with van der Waals surface area (Å²) < 4.78 is 5.37. The van der Waals surface area contributed by atoms with E-state index in [4.69, 9.17) is 4.74 Å². The van der Waals surface area contributed by atoms with E-state index >= 15 is 0 Å². The van der Waals surface area contributed by atoms with Gasteiger partial charge in [0, 0.05) is 31.2 Å². The fourth-order valence-electron chi connectivity index (χ4n) is 2.61. The fraction of sp³-hybridized carbons (Fsp3) is 0.562. The Kier molecular flexibility index (Phi) is 4.72. The number of likely N-dealkylation sites (N-methyl/N-ethyl adjacent to an activating group) is 1. The van der Waals surface area contributed by atoms with E-state index in [-0.39, 0.29) is 5.78 Å². The van der Waals surface area contributed by atoms with Crippen molar-refractivity contribution in [2.75, 3.05) is 26.8 Å². The molecule has 0 N–H and O–H groups in total. The van der Waals surface area contributed by atoms with Crippen molar-refractivity contribution in [2.45, 2.75) is 32.7 Å². The van der Waals surface area contributed by atoms with Crippen LogP contribution in [0.4, 0.5) is 0 Å². The van der Waals surface area contributed by atoms with Crippen molar-refractivity contribution in [3.05, 3.63) is 34.9 Å². The van der Waals surface area contributed by atoms with E-state index < -0.39 is 0 Å². The molecule has 0 bridgehead atoms. The maximum absolute atomic E-state index is 12.2. The topological polar surface area (TPSA) is 29.5 Å². The summed E-state index contributed by atoms with van der Waals surface area (Å²) in [5, 5.41) is 0. The molecule has 3 nitrogen and oxygen atoms in total. The molecule has 0 aliphatic carbocycles. The molecule has 19 heavy (non-hydrogen) atoms. The second kappa shape index (κ2) is 6.31. The van der Waals surface area contributed by atoms with Crippen LogP contribution in [0.2, 0.25) is 0 Å². The van der Waals surface area contributed by atoms with Crippen LogP contribution in [0.25, 0.3) is 0 Å². The van der Waals surface area contributed by atoms with Gasteiger partial charge in [-0.3, -0.25) is 4.79 Å². The molecule has 3 heteroatoms. The molecule has 0 aromatic heterocycles. The van der Waals surface area contributed by atoms with Crippen LogP contribution in [-0.4, -0.2) is 43.5 Å². The average molecular weight is 261 g/mol. The van der Waals surface area contributed by atoms with Gasteiger partial charge in [0.25, 0.3) is 0 Å². The van der Waals surface area contributed by atoms with Crippen LogP contribution >= 0.6 is 0 Å². The number of ether oxygens (including phenoxy) is 1. The maximum atomic E-state index is 12.2. The highest BCUT2D eigenvalue weighted by Gasteiger charge is 2.20. The molecule has 1 heterocycles. The SMILES string of the molecule is Cc1cc(C)cc(C(=O)CCN(C)C2CCOC2)c1. The molecule has 1 aromatic carbocycles. The molecule has 0 spiro atoms. The van der Waals surface area contributed by atoms with Crippen molar-refractivity contribution in [3.63, 3.8) is 0 Å². The Morgan fingerprint density at radius 3 is 2.58 bits per heavy atom. The van der Waals surface area contributed by atoms with Gasteiger partial charge < -0.3 is 9.64 Å². The normalized spacial score (nSPS) is 19.1. The molecule has 1 aliphatic heterocycles. The highest BCUT2D eigenvalue weighted by Crippen LogP contribution is 2.14. The zero-order valence-corrected chi connectivity index (χ0v) is 12.1. The Labute approximate surface area is 115 Å². The van der Waals surface area contributed by atoms with Crippen LogP contribution in [0, 0.1) is 13.8 Å². The minimum absolute atomic E-state index is 0.234. The van der Waals surface area contributed by atoms with Gasteiger partial charge in [0.05, 0.1) is 6.61 Å². The van der Waals surface area contributed by atoms with E-state index in [9.17, 15) is 4.79 Å². The number of benzene rings is 1. The van der Waals surface area contributed by atoms with Gasteiger partial charge in [0.2, 0.25) is 0 Å². The van der Waals surface area contributed by atoms with Gasteiger partial charge in [-0.25, -0.2) is 0 Å². The number of carbonyl (C=O) groups is 1. The third-order valence-electron chi connectivity index (χ3n) is 3.76. The number of hydrogen-bond donors (Lipinski definition) is 0. The van der Waals surface area contributed by atoms with Crippen LogP contribution < -0.4 is 0 Å². The first-order valence-corrected chi connectivity index (χ1v) is 6.96.